The summed E-state index contributed by atoms with van der Waals surface area (Å²) in [7, 11) is 0. The van der Waals surface area contributed by atoms with Crippen molar-refractivity contribution in [3.8, 4) is 0 Å². The molecule has 1 rings (SSSR count). The topological polar surface area (TPSA) is 48.1 Å². The predicted octanol–water partition coefficient (Wildman–Crippen LogP) is 2.25. The first kappa shape index (κ1) is 12.1. The first-order chi connectivity index (χ1) is 7.09. The van der Waals surface area contributed by atoms with E-state index in [2.05, 4.69) is 25.8 Å². The van der Waals surface area contributed by atoms with E-state index in [0.717, 1.165) is 17.7 Å². The van der Waals surface area contributed by atoms with Crippen molar-refractivity contribution < 1.29 is 4.74 Å². The molecule has 3 nitrogen and oxygen atoms in total. The Labute approximate surface area is 91.7 Å². The van der Waals surface area contributed by atoms with Crippen LogP contribution in [0.5, 0.6) is 0 Å². The fourth-order valence-electron chi connectivity index (χ4n) is 1.16. The van der Waals surface area contributed by atoms with Crippen LogP contribution in [0.1, 0.15) is 38.4 Å². The van der Waals surface area contributed by atoms with Gasteiger partial charge in [0.2, 0.25) is 0 Å². The van der Waals surface area contributed by atoms with Crippen molar-refractivity contribution in [2.45, 2.75) is 45.9 Å². The average Bonchev–Trinajstić information content (AvgIpc) is 2.27. The minimum absolute atomic E-state index is 0.0816. The van der Waals surface area contributed by atoms with Gasteiger partial charge in [0.05, 0.1) is 17.9 Å². The maximum absolute atomic E-state index is 5.81. The maximum Gasteiger partial charge on any atom is 0.0742 e. The van der Waals surface area contributed by atoms with E-state index in [9.17, 15) is 0 Å². The lowest BCUT2D eigenvalue weighted by atomic mass is 10.1. The Bertz CT molecular complexity index is 310. The summed E-state index contributed by atoms with van der Waals surface area (Å²) in [4.78, 5) is 4.22. The van der Waals surface area contributed by atoms with Crippen molar-refractivity contribution >= 4 is 0 Å². The van der Waals surface area contributed by atoms with Crippen molar-refractivity contribution in [2.75, 3.05) is 0 Å². The molecule has 0 aliphatic heterocycles. The zero-order valence-corrected chi connectivity index (χ0v) is 9.79. The van der Waals surface area contributed by atoms with Gasteiger partial charge in [-0.3, -0.25) is 4.98 Å². The third kappa shape index (κ3) is 3.61. The van der Waals surface area contributed by atoms with E-state index in [1.54, 1.807) is 6.20 Å². The molecule has 0 atom stereocenters. The van der Waals surface area contributed by atoms with Gasteiger partial charge in [-0.15, -0.1) is 0 Å². The van der Waals surface area contributed by atoms with Crippen molar-refractivity contribution in [1.29, 1.82) is 0 Å². The largest absolute Gasteiger partial charge is 0.371 e. The minimum atomic E-state index is -0.0816. The van der Waals surface area contributed by atoms with Crippen LogP contribution < -0.4 is 5.73 Å². The van der Waals surface area contributed by atoms with Crippen LogP contribution in [0.25, 0.3) is 0 Å². The summed E-state index contributed by atoms with van der Waals surface area (Å²) in [5.74, 6) is 0. The minimum Gasteiger partial charge on any atom is -0.371 e. The van der Waals surface area contributed by atoms with Crippen LogP contribution in [0.15, 0.2) is 18.3 Å². The van der Waals surface area contributed by atoms with E-state index in [0.29, 0.717) is 13.2 Å². The van der Waals surface area contributed by atoms with Crippen LogP contribution in [0.3, 0.4) is 0 Å². The predicted molar refractivity (Wildman–Crippen MR) is 61.3 cm³/mol. The quantitative estimate of drug-likeness (QED) is 0.807. The highest BCUT2D eigenvalue weighted by Gasteiger charge is 2.15. The molecular formula is C12H20N2O. The first-order valence-electron chi connectivity index (χ1n) is 5.36. The summed E-state index contributed by atoms with van der Waals surface area (Å²) < 4.78 is 5.81. The number of aromatic nitrogens is 1. The number of hydrogen-bond donors (Lipinski definition) is 1. The molecule has 0 aromatic carbocycles. The molecule has 0 amide bonds. The first-order valence-corrected chi connectivity index (χ1v) is 5.36. The molecular weight excluding hydrogens is 188 g/mol. The van der Waals surface area contributed by atoms with Gasteiger partial charge in [0, 0.05) is 18.3 Å². The number of rotatable bonds is 5. The molecule has 0 fully saturated rings. The van der Waals surface area contributed by atoms with Gasteiger partial charge in [0.25, 0.3) is 0 Å². The fourth-order valence-corrected chi connectivity index (χ4v) is 1.16. The van der Waals surface area contributed by atoms with Gasteiger partial charge in [-0.05, 0) is 26.3 Å². The molecule has 84 valence electrons. The second-order valence-electron chi connectivity index (χ2n) is 4.22. The van der Waals surface area contributed by atoms with Gasteiger partial charge >= 0.3 is 0 Å². The molecule has 1 aromatic rings. The average molecular weight is 208 g/mol. The number of hydrogen-bond acceptors (Lipinski definition) is 3. The van der Waals surface area contributed by atoms with Gasteiger partial charge in [-0.2, -0.15) is 0 Å². The van der Waals surface area contributed by atoms with Crippen LogP contribution in [-0.4, -0.2) is 10.6 Å². The van der Waals surface area contributed by atoms with Gasteiger partial charge in [-0.1, -0.05) is 13.0 Å². The van der Waals surface area contributed by atoms with Crippen LogP contribution in [0, 0.1) is 0 Å². The van der Waals surface area contributed by atoms with Crippen LogP contribution in [0.2, 0.25) is 0 Å². The Balaban J connectivity index is 2.65. The molecule has 0 unspecified atom stereocenters. The second-order valence-corrected chi connectivity index (χ2v) is 4.22. The Morgan fingerprint density at radius 3 is 2.80 bits per heavy atom. The lowest BCUT2D eigenvalue weighted by Gasteiger charge is -2.23. The third-order valence-corrected chi connectivity index (χ3v) is 2.65. The summed E-state index contributed by atoms with van der Waals surface area (Å²) in [5.41, 5.74) is 7.53. The van der Waals surface area contributed by atoms with Crippen LogP contribution in [0.4, 0.5) is 0 Å². The van der Waals surface area contributed by atoms with E-state index in [4.69, 9.17) is 10.5 Å². The molecule has 1 heterocycles. The highest BCUT2D eigenvalue weighted by molar-refractivity contribution is 5.18. The van der Waals surface area contributed by atoms with E-state index < -0.39 is 0 Å². The summed E-state index contributed by atoms with van der Waals surface area (Å²) in [5, 5.41) is 0. The van der Waals surface area contributed by atoms with Crippen LogP contribution >= 0.6 is 0 Å². The third-order valence-electron chi connectivity index (χ3n) is 2.65. The number of pyridine rings is 1. The molecule has 3 heteroatoms. The SMILES string of the molecule is CCC(C)(C)OCc1cccnc1CN. The van der Waals surface area contributed by atoms with E-state index in [1.807, 2.05) is 12.1 Å². The monoisotopic (exact) mass is 208 g/mol. The normalized spacial score (nSPS) is 11.7. The number of nitrogens with zero attached hydrogens (tertiary/aromatic N) is 1. The molecule has 1 aromatic heterocycles. The highest BCUT2D eigenvalue weighted by atomic mass is 16.5. The van der Waals surface area contributed by atoms with Gasteiger partial charge in [0.15, 0.2) is 0 Å². The molecule has 0 bridgehead atoms. The molecule has 0 spiro atoms. The molecule has 0 aliphatic rings. The smallest absolute Gasteiger partial charge is 0.0742 e. The van der Waals surface area contributed by atoms with Gasteiger partial charge in [-0.25, -0.2) is 0 Å². The van der Waals surface area contributed by atoms with Crippen molar-refractivity contribution in [2.24, 2.45) is 5.73 Å². The van der Waals surface area contributed by atoms with Crippen molar-refractivity contribution in [1.82, 2.24) is 4.98 Å². The lowest BCUT2D eigenvalue weighted by molar-refractivity contribution is -0.0320. The Morgan fingerprint density at radius 2 is 2.20 bits per heavy atom. The molecule has 2 N–H and O–H groups in total. The number of ether oxygens (including phenoxy) is 1. The molecule has 15 heavy (non-hydrogen) atoms. The van der Waals surface area contributed by atoms with Gasteiger partial charge < -0.3 is 10.5 Å². The zero-order chi connectivity index (χ0) is 11.3. The Kier molecular flexibility index (Phi) is 4.24. The molecule has 0 saturated heterocycles. The fraction of sp³-hybridized carbons (Fsp3) is 0.583. The van der Waals surface area contributed by atoms with Crippen LogP contribution in [-0.2, 0) is 17.9 Å². The molecule has 0 radical (unpaired) electrons. The van der Waals surface area contributed by atoms with Crippen molar-refractivity contribution in [3.05, 3.63) is 29.6 Å². The summed E-state index contributed by atoms with van der Waals surface area (Å²) >= 11 is 0. The van der Waals surface area contributed by atoms with Crippen molar-refractivity contribution in [3.63, 3.8) is 0 Å². The van der Waals surface area contributed by atoms with E-state index in [-0.39, 0.29) is 5.60 Å². The summed E-state index contributed by atoms with van der Waals surface area (Å²) in [6.07, 6.45) is 2.75. The number of nitrogens with two attached hydrogens (primary N) is 1. The summed E-state index contributed by atoms with van der Waals surface area (Å²) in [6, 6.07) is 3.93. The zero-order valence-electron chi connectivity index (χ0n) is 9.79. The lowest BCUT2D eigenvalue weighted by Crippen LogP contribution is -2.23. The second kappa shape index (κ2) is 5.24. The molecule has 0 aliphatic carbocycles. The summed E-state index contributed by atoms with van der Waals surface area (Å²) in [6.45, 7) is 7.34. The Morgan fingerprint density at radius 1 is 1.47 bits per heavy atom. The Hall–Kier alpha value is -0.930. The molecule has 0 saturated carbocycles. The highest BCUT2D eigenvalue weighted by Crippen LogP contribution is 2.17. The standard InChI is InChI=1S/C12H20N2O/c1-4-12(2,3)15-9-10-6-5-7-14-11(10)8-13/h5-7H,4,8-9,13H2,1-3H3. The maximum atomic E-state index is 5.81. The van der Waals surface area contributed by atoms with Gasteiger partial charge in [0.1, 0.15) is 0 Å². The van der Waals surface area contributed by atoms with E-state index >= 15 is 0 Å². The van der Waals surface area contributed by atoms with E-state index in [1.165, 1.54) is 0 Å².